The molecule has 0 radical (unpaired) electrons. The highest BCUT2D eigenvalue weighted by Crippen LogP contribution is 2.14. The van der Waals surface area contributed by atoms with Gasteiger partial charge in [-0.3, -0.25) is 4.57 Å². The van der Waals surface area contributed by atoms with Crippen molar-refractivity contribution in [2.75, 3.05) is 5.73 Å². The fraction of sp³-hybridized carbons (Fsp3) is 0.133. The molecule has 0 spiro atoms. The zero-order valence-corrected chi connectivity index (χ0v) is 10.5. The van der Waals surface area contributed by atoms with Crippen LogP contribution in [0, 0.1) is 0 Å². The molecular formula is C15H15N3O. The van der Waals surface area contributed by atoms with Gasteiger partial charge in [-0.15, -0.1) is 0 Å². The fourth-order valence-electron chi connectivity index (χ4n) is 2.29. The minimum Gasteiger partial charge on any atom is -0.399 e. The lowest BCUT2D eigenvalue weighted by molar-refractivity contribution is 0.691. The van der Waals surface area contributed by atoms with E-state index < -0.39 is 0 Å². The van der Waals surface area contributed by atoms with Crippen molar-refractivity contribution in [1.29, 1.82) is 0 Å². The van der Waals surface area contributed by atoms with Crippen LogP contribution < -0.4 is 11.4 Å². The maximum absolute atomic E-state index is 11.9. The van der Waals surface area contributed by atoms with E-state index >= 15 is 0 Å². The van der Waals surface area contributed by atoms with Crippen molar-refractivity contribution in [2.45, 2.75) is 13.0 Å². The summed E-state index contributed by atoms with van der Waals surface area (Å²) in [5.41, 5.74) is 9.20. The molecule has 0 aliphatic carbocycles. The van der Waals surface area contributed by atoms with Gasteiger partial charge in [-0.05, 0) is 30.2 Å². The van der Waals surface area contributed by atoms with E-state index in [-0.39, 0.29) is 5.69 Å². The van der Waals surface area contributed by atoms with E-state index in [9.17, 15) is 4.79 Å². The zero-order valence-electron chi connectivity index (χ0n) is 10.5. The highest BCUT2D eigenvalue weighted by atomic mass is 16.1. The van der Waals surface area contributed by atoms with E-state index in [0.29, 0.717) is 12.2 Å². The van der Waals surface area contributed by atoms with Gasteiger partial charge < -0.3 is 10.7 Å². The molecule has 3 aromatic rings. The Kier molecular flexibility index (Phi) is 2.83. The number of aromatic amines is 1. The molecule has 0 atom stereocenters. The molecule has 0 saturated carbocycles. The van der Waals surface area contributed by atoms with Gasteiger partial charge in [0.1, 0.15) is 0 Å². The number of nitrogens with two attached hydrogens (primary N) is 1. The third-order valence-electron chi connectivity index (χ3n) is 3.27. The predicted molar refractivity (Wildman–Crippen MR) is 77.1 cm³/mol. The molecule has 0 aliphatic heterocycles. The summed E-state index contributed by atoms with van der Waals surface area (Å²) in [5.74, 6) is 0. The molecule has 2 aromatic carbocycles. The molecule has 4 nitrogen and oxygen atoms in total. The Hall–Kier alpha value is -2.49. The topological polar surface area (TPSA) is 63.8 Å². The van der Waals surface area contributed by atoms with Gasteiger partial charge in [-0.2, -0.15) is 0 Å². The first-order valence-electron chi connectivity index (χ1n) is 6.26. The lowest BCUT2D eigenvalue weighted by atomic mass is 10.1. The Morgan fingerprint density at radius 3 is 2.68 bits per heavy atom. The average molecular weight is 253 g/mol. The molecule has 0 saturated heterocycles. The smallest absolute Gasteiger partial charge is 0.326 e. The van der Waals surface area contributed by atoms with Gasteiger partial charge in [0.05, 0.1) is 11.0 Å². The van der Waals surface area contributed by atoms with Crippen molar-refractivity contribution in [1.82, 2.24) is 9.55 Å². The highest BCUT2D eigenvalue weighted by Gasteiger charge is 2.06. The van der Waals surface area contributed by atoms with Gasteiger partial charge >= 0.3 is 5.69 Å². The Balaban J connectivity index is 1.93. The predicted octanol–water partition coefficient (Wildman–Crippen LogP) is 2.15. The third-order valence-corrected chi connectivity index (χ3v) is 3.27. The molecule has 0 aliphatic rings. The molecule has 19 heavy (non-hydrogen) atoms. The number of aromatic nitrogens is 2. The van der Waals surface area contributed by atoms with Crippen molar-refractivity contribution in [2.24, 2.45) is 0 Å². The molecule has 0 amide bonds. The standard InChI is InChI=1S/C15H15N3O/c16-12-6-7-14-13(10-12)17-15(19)18(14)9-8-11-4-2-1-3-5-11/h1-7,10H,8-9,16H2,(H,17,19). The second-order valence-electron chi connectivity index (χ2n) is 4.59. The first kappa shape index (κ1) is 11.6. The van der Waals surface area contributed by atoms with Crippen molar-refractivity contribution < 1.29 is 0 Å². The molecule has 1 heterocycles. The first-order chi connectivity index (χ1) is 9.24. The van der Waals surface area contributed by atoms with Crippen LogP contribution in [0.1, 0.15) is 5.56 Å². The summed E-state index contributed by atoms with van der Waals surface area (Å²) < 4.78 is 1.75. The van der Waals surface area contributed by atoms with Gasteiger partial charge in [0.2, 0.25) is 0 Å². The number of rotatable bonds is 3. The minimum absolute atomic E-state index is 0.0865. The second-order valence-corrected chi connectivity index (χ2v) is 4.59. The third kappa shape index (κ3) is 2.25. The number of hydrogen-bond acceptors (Lipinski definition) is 2. The van der Waals surface area contributed by atoms with Crippen LogP contribution >= 0.6 is 0 Å². The number of nitrogen functional groups attached to an aromatic ring is 1. The van der Waals surface area contributed by atoms with Crippen LogP contribution in [0.4, 0.5) is 5.69 Å². The number of aryl methyl sites for hydroxylation is 2. The molecule has 0 fully saturated rings. The van der Waals surface area contributed by atoms with Crippen molar-refractivity contribution in [3.63, 3.8) is 0 Å². The van der Waals surface area contributed by atoms with E-state index in [4.69, 9.17) is 5.73 Å². The fourth-order valence-corrected chi connectivity index (χ4v) is 2.29. The van der Waals surface area contributed by atoms with Crippen LogP contribution in [0.5, 0.6) is 0 Å². The van der Waals surface area contributed by atoms with Crippen LogP contribution in [0.15, 0.2) is 53.3 Å². The highest BCUT2D eigenvalue weighted by molar-refractivity contribution is 5.78. The number of nitrogens with one attached hydrogen (secondary N) is 1. The van der Waals surface area contributed by atoms with Crippen molar-refractivity contribution >= 4 is 16.7 Å². The van der Waals surface area contributed by atoms with Gasteiger partial charge in [-0.25, -0.2) is 4.79 Å². The second kappa shape index (κ2) is 4.65. The molecule has 3 N–H and O–H groups in total. The average Bonchev–Trinajstić information content (AvgIpc) is 2.72. The van der Waals surface area contributed by atoms with Gasteiger partial charge in [-0.1, -0.05) is 30.3 Å². The van der Waals surface area contributed by atoms with Crippen LogP contribution in [0.25, 0.3) is 11.0 Å². The first-order valence-corrected chi connectivity index (χ1v) is 6.26. The Labute approximate surface area is 110 Å². The Bertz CT molecular complexity index is 756. The summed E-state index contributed by atoms with van der Waals surface area (Å²) >= 11 is 0. The van der Waals surface area contributed by atoms with E-state index in [1.165, 1.54) is 5.56 Å². The number of hydrogen-bond donors (Lipinski definition) is 2. The monoisotopic (exact) mass is 253 g/mol. The number of imidazole rings is 1. The van der Waals surface area contributed by atoms with Crippen molar-refractivity contribution in [3.8, 4) is 0 Å². The van der Waals surface area contributed by atoms with E-state index in [0.717, 1.165) is 17.5 Å². The molecule has 1 aromatic heterocycles. The van der Waals surface area contributed by atoms with Gasteiger partial charge in [0.25, 0.3) is 0 Å². The molecule has 3 rings (SSSR count). The van der Waals surface area contributed by atoms with Gasteiger partial charge in [0, 0.05) is 12.2 Å². The Morgan fingerprint density at radius 2 is 1.89 bits per heavy atom. The summed E-state index contributed by atoms with van der Waals surface area (Å²) in [6, 6.07) is 15.6. The Morgan fingerprint density at radius 1 is 1.11 bits per heavy atom. The number of benzene rings is 2. The number of anilines is 1. The largest absolute Gasteiger partial charge is 0.399 e. The normalized spacial score (nSPS) is 10.9. The molecular weight excluding hydrogens is 238 g/mol. The van der Waals surface area contributed by atoms with Gasteiger partial charge in [0.15, 0.2) is 0 Å². The number of nitrogens with zero attached hydrogens (tertiary/aromatic N) is 1. The minimum atomic E-state index is -0.0865. The lowest BCUT2D eigenvalue weighted by Crippen LogP contribution is -2.17. The number of H-pyrrole nitrogens is 1. The van der Waals surface area contributed by atoms with E-state index in [1.54, 1.807) is 10.6 Å². The molecule has 96 valence electrons. The summed E-state index contributed by atoms with van der Waals surface area (Å²) in [7, 11) is 0. The van der Waals surface area contributed by atoms with E-state index in [1.807, 2.05) is 30.3 Å². The quantitative estimate of drug-likeness (QED) is 0.702. The summed E-state index contributed by atoms with van der Waals surface area (Å²) in [6.07, 6.45) is 0.831. The lowest BCUT2D eigenvalue weighted by Gasteiger charge is -2.04. The number of fused-ring (bicyclic) bond motifs is 1. The maximum atomic E-state index is 11.9. The van der Waals surface area contributed by atoms with Crippen LogP contribution in [-0.4, -0.2) is 9.55 Å². The molecule has 4 heteroatoms. The summed E-state index contributed by atoms with van der Waals surface area (Å²) in [5, 5.41) is 0. The van der Waals surface area contributed by atoms with E-state index in [2.05, 4.69) is 17.1 Å². The summed E-state index contributed by atoms with van der Waals surface area (Å²) in [4.78, 5) is 14.8. The molecule has 0 unspecified atom stereocenters. The molecule has 0 bridgehead atoms. The van der Waals surface area contributed by atoms with Crippen LogP contribution in [0.2, 0.25) is 0 Å². The maximum Gasteiger partial charge on any atom is 0.326 e. The zero-order chi connectivity index (χ0) is 13.2. The van der Waals surface area contributed by atoms with Crippen LogP contribution in [-0.2, 0) is 13.0 Å². The van der Waals surface area contributed by atoms with Crippen molar-refractivity contribution in [3.05, 3.63) is 64.6 Å². The van der Waals surface area contributed by atoms with Crippen LogP contribution in [0.3, 0.4) is 0 Å². The summed E-state index contributed by atoms with van der Waals surface area (Å²) in [6.45, 7) is 0.659. The SMILES string of the molecule is Nc1ccc2c(c1)[nH]c(=O)n2CCc1ccccc1.